The highest BCUT2D eigenvalue weighted by molar-refractivity contribution is 6.84. The maximum Gasteiger partial charge on any atom is 0.352 e. The van der Waals surface area contributed by atoms with E-state index in [0.29, 0.717) is 6.61 Å². The van der Waals surface area contributed by atoms with Crippen LogP contribution in [-0.4, -0.2) is 30.3 Å². The second-order valence-corrected chi connectivity index (χ2v) is 11.9. The van der Waals surface area contributed by atoms with Crippen molar-refractivity contribution in [3.8, 4) is 0 Å². The summed E-state index contributed by atoms with van der Waals surface area (Å²) in [5, 5.41) is 0. The summed E-state index contributed by atoms with van der Waals surface area (Å²) >= 11 is 0. The highest BCUT2D eigenvalue weighted by Crippen LogP contribution is 2.19. The minimum atomic E-state index is -2.37. The molecule has 2 atom stereocenters. The summed E-state index contributed by atoms with van der Waals surface area (Å²) in [6.45, 7) is 17.6. The lowest BCUT2D eigenvalue weighted by Gasteiger charge is -2.33. The van der Waals surface area contributed by atoms with Crippen LogP contribution in [0.4, 0.5) is 0 Å². The summed E-state index contributed by atoms with van der Waals surface area (Å²) in [5.41, 5.74) is 3.69. The normalized spacial score (nSPS) is 17.0. The third-order valence-corrected chi connectivity index (χ3v) is 9.66. The van der Waals surface area contributed by atoms with E-state index in [1.54, 1.807) is 0 Å². The van der Waals surface area contributed by atoms with E-state index in [1.807, 2.05) is 24.5 Å². The summed E-state index contributed by atoms with van der Waals surface area (Å²) < 4.78 is 18.2. The number of hydrogen-bond donors (Lipinski definition) is 0. The first-order chi connectivity index (χ1) is 9.95. The Morgan fingerprint density at radius 3 is 1.76 bits per heavy atom. The Kier molecular flexibility index (Phi) is 11.3. The van der Waals surface area contributed by atoms with Gasteiger partial charge >= 0.3 is 17.1 Å². The molecule has 0 saturated carbocycles. The van der Waals surface area contributed by atoms with E-state index in [0.717, 1.165) is 19.4 Å². The van der Waals surface area contributed by atoms with Gasteiger partial charge in [0.2, 0.25) is 0 Å². The molecule has 21 heavy (non-hydrogen) atoms. The molecule has 2 unspecified atom stereocenters. The molecule has 0 aliphatic heterocycles. The smallest absolute Gasteiger partial charge is 0.352 e. The standard InChI is InChI=1S/C16H34O3Si2/c1-7-11-12-13-14-16-18-21(6,10-4)19-20(5,9-3)17-15-8-2/h9-10H,3-4,7-8,11-16H2,1-2,5-6H3. The Morgan fingerprint density at radius 1 is 0.762 bits per heavy atom. The molecule has 0 spiro atoms. The summed E-state index contributed by atoms with van der Waals surface area (Å²) in [5.74, 6) is 0. The monoisotopic (exact) mass is 330 g/mol. The van der Waals surface area contributed by atoms with Crippen LogP contribution < -0.4 is 0 Å². The first-order valence-corrected chi connectivity index (χ1v) is 13.0. The van der Waals surface area contributed by atoms with Crippen molar-refractivity contribution < 1.29 is 13.0 Å². The van der Waals surface area contributed by atoms with Gasteiger partial charge in [-0.05, 0) is 25.9 Å². The zero-order chi connectivity index (χ0) is 16.2. The summed E-state index contributed by atoms with van der Waals surface area (Å²) in [6, 6.07) is 0. The highest BCUT2D eigenvalue weighted by Gasteiger charge is 2.39. The molecule has 0 heterocycles. The summed E-state index contributed by atoms with van der Waals surface area (Å²) in [7, 11) is -4.72. The Bertz CT molecular complexity index is 299. The Balaban J connectivity index is 4.29. The van der Waals surface area contributed by atoms with Crippen LogP contribution in [0.1, 0.15) is 52.4 Å². The molecule has 0 rings (SSSR count). The quantitative estimate of drug-likeness (QED) is 0.331. The van der Waals surface area contributed by atoms with Crippen molar-refractivity contribution in [3.05, 3.63) is 24.6 Å². The van der Waals surface area contributed by atoms with Crippen molar-refractivity contribution in [1.29, 1.82) is 0 Å². The van der Waals surface area contributed by atoms with Crippen LogP contribution in [0.15, 0.2) is 24.6 Å². The molecule has 0 saturated heterocycles. The van der Waals surface area contributed by atoms with Crippen molar-refractivity contribution in [2.45, 2.75) is 65.5 Å². The molecule has 0 amide bonds. The lowest BCUT2D eigenvalue weighted by molar-refractivity contribution is 0.199. The van der Waals surface area contributed by atoms with Gasteiger partial charge in [-0.15, -0.1) is 13.2 Å². The maximum atomic E-state index is 6.25. The fourth-order valence-electron chi connectivity index (χ4n) is 1.95. The van der Waals surface area contributed by atoms with Gasteiger partial charge in [0.25, 0.3) is 0 Å². The molecule has 0 aromatic rings. The highest BCUT2D eigenvalue weighted by atomic mass is 28.5. The predicted molar refractivity (Wildman–Crippen MR) is 95.7 cm³/mol. The summed E-state index contributed by atoms with van der Waals surface area (Å²) in [4.78, 5) is 0. The molecule has 0 aromatic carbocycles. The van der Waals surface area contributed by atoms with Gasteiger partial charge in [-0.1, -0.05) is 50.9 Å². The van der Waals surface area contributed by atoms with Gasteiger partial charge in [0.1, 0.15) is 0 Å². The molecule has 124 valence electrons. The van der Waals surface area contributed by atoms with Crippen LogP contribution in [0.5, 0.6) is 0 Å². The second-order valence-electron chi connectivity index (χ2n) is 5.65. The van der Waals surface area contributed by atoms with Gasteiger partial charge in [0, 0.05) is 13.2 Å². The number of rotatable bonds is 14. The van der Waals surface area contributed by atoms with Crippen molar-refractivity contribution in [2.24, 2.45) is 0 Å². The summed E-state index contributed by atoms with van der Waals surface area (Å²) in [6.07, 6.45) is 7.14. The second kappa shape index (κ2) is 11.4. The fourth-order valence-corrected chi connectivity index (χ4v) is 7.70. The van der Waals surface area contributed by atoms with Gasteiger partial charge in [-0.25, -0.2) is 0 Å². The van der Waals surface area contributed by atoms with E-state index >= 15 is 0 Å². The number of unbranched alkanes of at least 4 members (excludes halogenated alkanes) is 4. The molecule has 0 N–H and O–H groups in total. The first-order valence-electron chi connectivity index (χ1n) is 8.20. The molecule has 0 radical (unpaired) electrons. The first kappa shape index (κ1) is 20.8. The minimum absolute atomic E-state index is 0.702. The average Bonchev–Trinajstić information content (AvgIpc) is 2.49. The SMILES string of the molecule is C=C[Si](C)(OCCC)O[Si](C)(C=C)OCCCCCCC. The van der Waals surface area contributed by atoms with Crippen LogP contribution in [0, 0.1) is 0 Å². The van der Waals surface area contributed by atoms with Crippen LogP contribution in [-0.2, 0) is 13.0 Å². The van der Waals surface area contributed by atoms with E-state index in [9.17, 15) is 0 Å². The molecule has 3 nitrogen and oxygen atoms in total. The average molecular weight is 331 g/mol. The van der Waals surface area contributed by atoms with Crippen molar-refractivity contribution >= 4 is 17.1 Å². The molecule has 0 aromatic heterocycles. The van der Waals surface area contributed by atoms with Gasteiger partial charge in [-0.3, -0.25) is 0 Å². The predicted octanol–water partition coefficient (Wildman–Crippen LogP) is 5.01. The minimum Gasteiger partial charge on any atom is -0.409 e. The molecule has 0 aliphatic carbocycles. The van der Waals surface area contributed by atoms with E-state index < -0.39 is 17.1 Å². The maximum absolute atomic E-state index is 6.25. The Morgan fingerprint density at radius 2 is 1.29 bits per heavy atom. The van der Waals surface area contributed by atoms with Crippen molar-refractivity contribution in [1.82, 2.24) is 0 Å². The van der Waals surface area contributed by atoms with Gasteiger partial charge < -0.3 is 13.0 Å². The Labute approximate surface area is 133 Å². The van der Waals surface area contributed by atoms with E-state index in [-0.39, 0.29) is 0 Å². The van der Waals surface area contributed by atoms with Crippen LogP contribution in [0.2, 0.25) is 13.1 Å². The van der Waals surface area contributed by atoms with Crippen LogP contribution in [0.25, 0.3) is 0 Å². The molecule has 0 fully saturated rings. The third kappa shape index (κ3) is 9.42. The fraction of sp³-hybridized carbons (Fsp3) is 0.750. The van der Waals surface area contributed by atoms with Gasteiger partial charge in [-0.2, -0.15) is 0 Å². The largest absolute Gasteiger partial charge is 0.409 e. The van der Waals surface area contributed by atoms with Crippen LogP contribution >= 0.6 is 0 Å². The lowest BCUT2D eigenvalue weighted by atomic mass is 10.2. The van der Waals surface area contributed by atoms with E-state index in [2.05, 4.69) is 27.0 Å². The van der Waals surface area contributed by atoms with Crippen LogP contribution in [0.3, 0.4) is 0 Å². The van der Waals surface area contributed by atoms with Crippen molar-refractivity contribution in [3.63, 3.8) is 0 Å². The zero-order valence-electron chi connectivity index (χ0n) is 14.5. The molecule has 0 aliphatic rings. The van der Waals surface area contributed by atoms with Gasteiger partial charge in [0.05, 0.1) is 0 Å². The van der Waals surface area contributed by atoms with E-state index in [4.69, 9.17) is 13.0 Å². The molecule has 0 bridgehead atoms. The zero-order valence-corrected chi connectivity index (χ0v) is 16.5. The molecular weight excluding hydrogens is 296 g/mol. The van der Waals surface area contributed by atoms with Crippen molar-refractivity contribution in [2.75, 3.05) is 13.2 Å². The topological polar surface area (TPSA) is 27.7 Å². The number of hydrogen-bond acceptors (Lipinski definition) is 3. The molecule has 5 heteroatoms. The Hall–Kier alpha value is -0.206. The van der Waals surface area contributed by atoms with E-state index in [1.165, 1.54) is 25.7 Å². The molecular formula is C16H34O3Si2. The van der Waals surface area contributed by atoms with Gasteiger partial charge in [0.15, 0.2) is 0 Å². The third-order valence-electron chi connectivity index (χ3n) is 3.38. The lowest BCUT2D eigenvalue weighted by Crippen LogP contribution is -2.50.